The highest BCUT2D eigenvalue weighted by atomic mass is 31.2. The van der Waals surface area contributed by atoms with Gasteiger partial charge in [0, 0.05) is 30.7 Å². The van der Waals surface area contributed by atoms with E-state index < -0.39 is 8.38 Å². The zero-order valence-corrected chi connectivity index (χ0v) is 24.9. The number of fused-ring (bicyclic) bond motifs is 1. The van der Waals surface area contributed by atoms with Crippen LogP contribution in [0.4, 0.5) is 0 Å². The van der Waals surface area contributed by atoms with Gasteiger partial charge in [-0.2, -0.15) is 5.10 Å². The second-order valence-corrected chi connectivity index (χ2v) is 10.7. The Morgan fingerprint density at radius 3 is 1.90 bits per heavy atom. The summed E-state index contributed by atoms with van der Waals surface area (Å²) in [6.07, 6.45) is 2.96. The Morgan fingerprint density at radius 1 is 0.780 bits per heavy atom. The molecule has 212 valence electrons. The molecule has 0 atom stereocenters. The molecule has 0 radical (unpaired) electrons. The van der Waals surface area contributed by atoms with E-state index in [0.717, 1.165) is 27.9 Å². The van der Waals surface area contributed by atoms with Crippen LogP contribution >= 0.6 is 8.38 Å². The summed E-state index contributed by atoms with van der Waals surface area (Å²) in [5.41, 5.74) is 5.06. The molecule has 0 aliphatic heterocycles. The maximum atomic E-state index is 12.5. The number of ether oxygens (including phenoxy) is 1. The molecule has 41 heavy (non-hydrogen) atoms. The highest BCUT2D eigenvalue weighted by Crippen LogP contribution is 2.44. The van der Waals surface area contributed by atoms with Gasteiger partial charge in [0.2, 0.25) is 5.88 Å². The third-order valence-electron chi connectivity index (χ3n) is 6.30. The largest absolute Gasteiger partial charge is 0.480 e. The maximum Gasteiger partial charge on any atom is 0.279 e. The second kappa shape index (κ2) is 15.2. The predicted molar refractivity (Wildman–Crippen MR) is 165 cm³/mol. The molecule has 0 spiro atoms. The van der Waals surface area contributed by atoms with E-state index in [2.05, 4.69) is 58.6 Å². The predicted octanol–water partition coefficient (Wildman–Crippen LogP) is 7.20. The van der Waals surface area contributed by atoms with E-state index in [1.165, 1.54) is 11.8 Å². The van der Waals surface area contributed by atoms with Crippen LogP contribution in [-0.4, -0.2) is 21.9 Å². The average molecular weight is 570 g/mol. The van der Waals surface area contributed by atoms with Crippen molar-refractivity contribution < 1.29 is 13.8 Å². The fourth-order valence-corrected chi connectivity index (χ4v) is 5.55. The van der Waals surface area contributed by atoms with Crippen LogP contribution in [0.25, 0.3) is 10.8 Å². The van der Waals surface area contributed by atoms with E-state index in [-0.39, 0.29) is 5.56 Å². The third kappa shape index (κ3) is 8.30. The quantitative estimate of drug-likeness (QED) is 0.157. The monoisotopic (exact) mass is 569 g/mol. The van der Waals surface area contributed by atoms with Crippen molar-refractivity contribution in [3.8, 4) is 5.88 Å². The number of hydrogen-bond donors (Lipinski definition) is 0. The molecule has 0 N–H and O–H groups in total. The number of aromatic nitrogens is 3. The Kier molecular flexibility index (Phi) is 11.1. The van der Waals surface area contributed by atoms with Crippen LogP contribution in [0.15, 0.2) is 102 Å². The lowest BCUT2D eigenvalue weighted by Gasteiger charge is -2.18. The molecule has 5 rings (SSSR count). The Bertz CT molecular complexity index is 1530. The fourth-order valence-electron chi connectivity index (χ4n) is 4.20. The number of benzene rings is 3. The minimum absolute atomic E-state index is 0.229. The minimum Gasteiger partial charge on any atom is -0.480 e. The highest BCUT2D eigenvalue weighted by molar-refractivity contribution is 7.46. The Morgan fingerprint density at radius 2 is 1.34 bits per heavy atom. The number of hydrogen-bond acceptors (Lipinski definition) is 6. The summed E-state index contributed by atoms with van der Waals surface area (Å²) in [5.74, 6) is 0.318. The van der Waals surface area contributed by atoms with Crippen molar-refractivity contribution in [3.63, 3.8) is 0 Å². The SMILES string of the molecule is CC.COc1nc(Cc2ccc(CP(OCc3ccccc3)OCc3ccccc3)cc2)cc2cnn(C)c(=O)c12. The van der Waals surface area contributed by atoms with E-state index in [1.54, 1.807) is 13.2 Å². The first-order chi connectivity index (χ1) is 20.1. The van der Waals surface area contributed by atoms with Crippen molar-refractivity contribution in [2.75, 3.05) is 7.11 Å². The lowest BCUT2D eigenvalue weighted by molar-refractivity contribution is 0.234. The van der Waals surface area contributed by atoms with Gasteiger partial charge >= 0.3 is 0 Å². The molecule has 0 aliphatic carbocycles. The molecule has 8 heteroatoms. The number of pyridine rings is 1. The molecule has 0 saturated carbocycles. The molecule has 2 heterocycles. The van der Waals surface area contributed by atoms with Gasteiger partial charge in [0.05, 0.1) is 26.5 Å². The highest BCUT2D eigenvalue weighted by Gasteiger charge is 2.15. The number of rotatable bonds is 11. The maximum absolute atomic E-state index is 12.5. The average Bonchev–Trinajstić information content (AvgIpc) is 3.03. The van der Waals surface area contributed by atoms with Crippen molar-refractivity contribution in [1.29, 1.82) is 0 Å². The first-order valence-electron chi connectivity index (χ1n) is 13.7. The molecule has 0 amide bonds. The summed E-state index contributed by atoms with van der Waals surface area (Å²) in [6.45, 7) is 5.01. The summed E-state index contributed by atoms with van der Waals surface area (Å²) in [7, 11) is 2.00. The van der Waals surface area contributed by atoms with Crippen molar-refractivity contribution in [2.45, 2.75) is 39.6 Å². The molecule has 0 fully saturated rings. The van der Waals surface area contributed by atoms with E-state index in [4.69, 9.17) is 13.8 Å². The number of aryl methyl sites for hydroxylation is 1. The van der Waals surface area contributed by atoms with Gasteiger partial charge in [0.15, 0.2) is 8.38 Å². The van der Waals surface area contributed by atoms with Gasteiger partial charge in [0.1, 0.15) is 5.39 Å². The van der Waals surface area contributed by atoms with E-state index in [9.17, 15) is 4.79 Å². The van der Waals surface area contributed by atoms with E-state index in [1.807, 2.05) is 56.3 Å². The van der Waals surface area contributed by atoms with Crippen molar-refractivity contribution >= 4 is 19.1 Å². The molecule has 3 aromatic carbocycles. The van der Waals surface area contributed by atoms with E-state index in [0.29, 0.717) is 42.4 Å². The normalized spacial score (nSPS) is 10.9. The van der Waals surface area contributed by atoms with Gasteiger partial charge in [-0.1, -0.05) is 98.8 Å². The summed E-state index contributed by atoms with van der Waals surface area (Å²) in [6, 6.07) is 30.6. The van der Waals surface area contributed by atoms with Crippen LogP contribution in [0.5, 0.6) is 5.88 Å². The van der Waals surface area contributed by atoms with Crippen LogP contribution in [-0.2, 0) is 41.9 Å². The standard InChI is InChI=1S/C31H30N3O4P.C2H6/c1-34-31(35)29-27(19-32-34)18-28(33-30(29)36-2)17-23-13-15-26(16-14-23)22-39(37-20-24-9-5-3-6-10-24)38-21-25-11-7-4-8-12-25;1-2/h3-16,18-19H,17,20-22H2,1-2H3;1-2H3. The zero-order valence-electron chi connectivity index (χ0n) is 24.0. The van der Waals surface area contributed by atoms with Crippen molar-refractivity contribution in [2.24, 2.45) is 7.05 Å². The second-order valence-electron chi connectivity index (χ2n) is 9.16. The zero-order chi connectivity index (χ0) is 29.0. The number of nitrogens with zero attached hydrogens (tertiary/aromatic N) is 3. The number of methoxy groups -OCH3 is 1. The Labute approximate surface area is 242 Å². The smallest absolute Gasteiger partial charge is 0.279 e. The summed E-state index contributed by atoms with van der Waals surface area (Å²) < 4.78 is 19.2. The summed E-state index contributed by atoms with van der Waals surface area (Å²) in [4.78, 5) is 17.1. The van der Waals surface area contributed by atoms with Crippen LogP contribution in [0.2, 0.25) is 0 Å². The topological polar surface area (TPSA) is 75.5 Å². The molecule has 0 aliphatic rings. The summed E-state index contributed by atoms with van der Waals surface area (Å²) in [5, 5.41) is 5.29. The van der Waals surface area contributed by atoms with Gasteiger partial charge in [-0.3, -0.25) is 4.79 Å². The Hall–Kier alpha value is -3.90. The fraction of sp³-hybridized carbons (Fsp3) is 0.242. The van der Waals surface area contributed by atoms with Crippen molar-refractivity contribution in [3.05, 3.63) is 135 Å². The molecule has 0 saturated heterocycles. The molecule has 5 aromatic rings. The van der Waals surface area contributed by atoms with Gasteiger partial charge < -0.3 is 13.8 Å². The first-order valence-corrected chi connectivity index (χ1v) is 15.0. The lowest BCUT2D eigenvalue weighted by atomic mass is 10.1. The van der Waals surface area contributed by atoms with Crippen molar-refractivity contribution in [1.82, 2.24) is 14.8 Å². The van der Waals surface area contributed by atoms with Gasteiger partial charge in [-0.15, -0.1) is 0 Å². The van der Waals surface area contributed by atoms with E-state index >= 15 is 0 Å². The molecule has 2 aromatic heterocycles. The van der Waals surface area contributed by atoms with Crippen LogP contribution in [0.1, 0.15) is 41.8 Å². The van der Waals surface area contributed by atoms with Crippen LogP contribution in [0, 0.1) is 0 Å². The van der Waals surface area contributed by atoms with Crippen LogP contribution < -0.4 is 10.3 Å². The lowest BCUT2D eigenvalue weighted by Crippen LogP contribution is -2.20. The van der Waals surface area contributed by atoms with Gasteiger partial charge in [0.25, 0.3) is 5.56 Å². The van der Waals surface area contributed by atoms with Crippen LogP contribution in [0.3, 0.4) is 0 Å². The van der Waals surface area contributed by atoms with Gasteiger partial charge in [-0.05, 0) is 28.3 Å². The third-order valence-corrected chi connectivity index (χ3v) is 7.75. The first kappa shape index (κ1) is 30.1. The minimum atomic E-state index is -1.14. The molecular formula is C33H36N3O4P. The molecule has 0 unspecified atom stereocenters. The van der Waals surface area contributed by atoms with Gasteiger partial charge in [-0.25, -0.2) is 9.67 Å². The summed E-state index contributed by atoms with van der Waals surface area (Å²) >= 11 is 0. The molecule has 0 bridgehead atoms. The molecular weight excluding hydrogens is 533 g/mol. The Balaban J connectivity index is 0.00000189. The molecule has 7 nitrogen and oxygen atoms in total.